The van der Waals surface area contributed by atoms with Crippen molar-refractivity contribution in [2.24, 2.45) is 0 Å². The number of nitriles is 1. The second-order valence-electron chi connectivity index (χ2n) is 8.43. The minimum absolute atomic E-state index is 0.147. The molecule has 2 aromatic carbocycles. The van der Waals surface area contributed by atoms with Crippen LogP contribution in [0.5, 0.6) is 0 Å². The summed E-state index contributed by atoms with van der Waals surface area (Å²) in [5, 5.41) is 8.65. The van der Waals surface area contributed by atoms with Gasteiger partial charge in [-0.05, 0) is 65.1 Å². The van der Waals surface area contributed by atoms with Gasteiger partial charge in [-0.2, -0.15) is 5.26 Å². The fourth-order valence-corrected chi connectivity index (χ4v) is 3.08. The van der Waals surface area contributed by atoms with Crippen LogP contribution in [0.25, 0.3) is 0 Å². The first kappa shape index (κ1) is 26.0. The van der Waals surface area contributed by atoms with E-state index in [4.69, 9.17) is 5.26 Å². The van der Waals surface area contributed by atoms with Crippen LogP contribution in [0.1, 0.15) is 87.2 Å². The Hall–Kier alpha value is -2.99. The molecule has 0 amide bonds. The molecule has 0 spiro atoms. The van der Waals surface area contributed by atoms with Gasteiger partial charge in [0, 0.05) is 6.20 Å². The summed E-state index contributed by atoms with van der Waals surface area (Å²) in [5.41, 5.74) is 5.48. The fraction of sp³-hybridized carbons (Fsp3) is 0.357. The Labute approximate surface area is 187 Å². The molecule has 0 aliphatic heterocycles. The van der Waals surface area contributed by atoms with Crippen LogP contribution in [0.3, 0.4) is 0 Å². The maximum Gasteiger partial charge on any atom is 0.143 e. The smallest absolute Gasteiger partial charge is 0.143 e. The molecule has 0 aliphatic rings. The zero-order valence-corrected chi connectivity index (χ0v) is 19.9. The molecule has 0 radical (unpaired) electrons. The summed E-state index contributed by atoms with van der Waals surface area (Å²) in [4.78, 5) is 3.96. The number of benzene rings is 2. The van der Waals surface area contributed by atoms with Crippen molar-refractivity contribution in [2.75, 3.05) is 0 Å². The third kappa shape index (κ3) is 9.13. The summed E-state index contributed by atoms with van der Waals surface area (Å²) >= 11 is 0. The standard InChI is InChI=1S/C10H14.C9H11F.C9H10N2/c1-8(2)10-7-5-4-6-9(10)3;1-7(2)8-4-3-5-9(10)6-8;1-7(2)8-4-3-5-11-9(8)6-10/h4-8H,1-3H3;3-7H,1-2H3;3-5,7H,1-2H3. The van der Waals surface area contributed by atoms with Gasteiger partial charge in [0.25, 0.3) is 0 Å². The number of hydrogen-bond acceptors (Lipinski definition) is 2. The van der Waals surface area contributed by atoms with Crippen LogP contribution in [0, 0.1) is 24.1 Å². The largest absolute Gasteiger partial charge is 0.245 e. The third-order valence-corrected chi connectivity index (χ3v) is 4.89. The molecule has 3 heteroatoms. The summed E-state index contributed by atoms with van der Waals surface area (Å²) < 4.78 is 12.5. The molecule has 1 heterocycles. The Balaban J connectivity index is 0.000000233. The molecule has 0 saturated heterocycles. The fourth-order valence-electron chi connectivity index (χ4n) is 3.08. The lowest BCUT2D eigenvalue weighted by atomic mass is 9.99. The van der Waals surface area contributed by atoms with E-state index in [1.807, 2.05) is 18.2 Å². The Morgan fingerprint density at radius 2 is 1.39 bits per heavy atom. The second-order valence-corrected chi connectivity index (χ2v) is 8.43. The molecule has 164 valence electrons. The quantitative estimate of drug-likeness (QED) is 0.430. The van der Waals surface area contributed by atoms with Crippen molar-refractivity contribution in [2.45, 2.75) is 66.2 Å². The van der Waals surface area contributed by atoms with Gasteiger partial charge < -0.3 is 0 Å². The number of aryl methyl sites for hydroxylation is 1. The summed E-state index contributed by atoms with van der Waals surface area (Å²) in [6.07, 6.45) is 1.64. The lowest BCUT2D eigenvalue weighted by Gasteiger charge is -2.07. The number of pyridine rings is 1. The predicted molar refractivity (Wildman–Crippen MR) is 129 cm³/mol. The molecule has 0 unspecified atom stereocenters. The van der Waals surface area contributed by atoms with Crippen LogP contribution >= 0.6 is 0 Å². The topological polar surface area (TPSA) is 36.7 Å². The molecule has 31 heavy (non-hydrogen) atoms. The van der Waals surface area contributed by atoms with Gasteiger partial charge in [-0.25, -0.2) is 9.37 Å². The van der Waals surface area contributed by atoms with Crippen LogP contribution < -0.4 is 0 Å². The normalized spacial score (nSPS) is 10.1. The van der Waals surface area contributed by atoms with E-state index < -0.39 is 0 Å². The van der Waals surface area contributed by atoms with Gasteiger partial charge in [-0.15, -0.1) is 0 Å². The average Bonchev–Trinajstić information content (AvgIpc) is 2.74. The first-order valence-corrected chi connectivity index (χ1v) is 10.8. The Kier molecular flexibility index (Phi) is 11.2. The van der Waals surface area contributed by atoms with Crippen molar-refractivity contribution in [3.63, 3.8) is 0 Å². The van der Waals surface area contributed by atoms with E-state index in [1.54, 1.807) is 18.3 Å². The second kappa shape index (κ2) is 13.3. The SMILES string of the molecule is CC(C)c1cccc(F)c1.CC(C)c1cccnc1C#N.Cc1ccccc1C(C)C. The number of nitrogens with zero attached hydrogens (tertiary/aromatic N) is 2. The van der Waals surface area contributed by atoms with E-state index >= 15 is 0 Å². The van der Waals surface area contributed by atoms with Crippen molar-refractivity contribution in [3.8, 4) is 6.07 Å². The van der Waals surface area contributed by atoms with Crippen molar-refractivity contribution in [1.29, 1.82) is 5.26 Å². The monoisotopic (exact) mass is 418 g/mol. The van der Waals surface area contributed by atoms with Crippen LogP contribution in [-0.2, 0) is 0 Å². The summed E-state index contributed by atoms with van der Waals surface area (Å²) in [6, 6.07) is 21.1. The van der Waals surface area contributed by atoms with Gasteiger partial charge in [0.05, 0.1) is 0 Å². The molecule has 3 rings (SSSR count). The zero-order chi connectivity index (χ0) is 23.4. The van der Waals surface area contributed by atoms with E-state index in [1.165, 1.54) is 17.2 Å². The molecule has 0 fully saturated rings. The highest BCUT2D eigenvalue weighted by atomic mass is 19.1. The van der Waals surface area contributed by atoms with E-state index in [9.17, 15) is 4.39 Å². The molecule has 0 bridgehead atoms. The molecule has 3 aromatic rings. The number of aromatic nitrogens is 1. The molecular formula is C28H35FN2. The van der Waals surface area contributed by atoms with Gasteiger partial charge in [0.15, 0.2) is 0 Å². The summed E-state index contributed by atoms with van der Waals surface area (Å²) in [7, 11) is 0. The minimum atomic E-state index is -0.147. The summed E-state index contributed by atoms with van der Waals surface area (Å²) in [5.74, 6) is 1.29. The average molecular weight is 419 g/mol. The van der Waals surface area contributed by atoms with Crippen molar-refractivity contribution in [1.82, 2.24) is 4.98 Å². The highest BCUT2D eigenvalue weighted by Gasteiger charge is 2.04. The van der Waals surface area contributed by atoms with Crippen LogP contribution in [0.15, 0.2) is 66.9 Å². The maximum atomic E-state index is 12.5. The van der Waals surface area contributed by atoms with E-state index in [2.05, 4.69) is 83.8 Å². The highest BCUT2D eigenvalue weighted by molar-refractivity contribution is 5.32. The van der Waals surface area contributed by atoms with E-state index in [-0.39, 0.29) is 5.82 Å². The van der Waals surface area contributed by atoms with E-state index in [0.717, 1.165) is 11.1 Å². The van der Waals surface area contributed by atoms with Crippen LogP contribution in [-0.4, -0.2) is 4.98 Å². The first-order chi connectivity index (χ1) is 14.7. The number of hydrogen-bond donors (Lipinski definition) is 0. The molecule has 0 saturated carbocycles. The van der Waals surface area contributed by atoms with Gasteiger partial charge >= 0.3 is 0 Å². The predicted octanol–water partition coefficient (Wildman–Crippen LogP) is 8.14. The Morgan fingerprint density at radius 3 is 1.81 bits per heavy atom. The maximum absolute atomic E-state index is 12.5. The highest BCUT2D eigenvalue weighted by Crippen LogP contribution is 2.17. The Bertz CT molecular complexity index is 968. The number of rotatable bonds is 3. The van der Waals surface area contributed by atoms with Gasteiger partial charge in [-0.1, -0.05) is 84.0 Å². The molecule has 2 nitrogen and oxygen atoms in total. The summed E-state index contributed by atoms with van der Waals surface area (Å²) in [6.45, 7) is 14.8. The lowest BCUT2D eigenvalue weighted by molar-refractivity contribution is 0.623. The van der Waals surface area contributed by atoms with Gasteiger partial charge in [0.2, 0.25) is 0 Å². The number of halogens is 1. The minimum Gasteiger partial charge on any atom is -0.245 e. The van der Waals surface area contributed by atoms with E-state index in [0.29, 0.717) is 23.4 Å². The first-order valence-electron chi connectivity index (χ1n) is 10.8. The molecule has 1 aromatic heterocycles. The van der Waals surface area contributed by atoms with Crippen LogP contribution in [0.4, 0.5) is 4.39 Å². The van der Waals surface area contributed by atoms with Crippen molar-refractivity contribution in [3.05, 3.63) is 101 Å². The molecule has 0 N–H and O–H groups in total. The molecular weight excluding hydrogens is 383 g/mol. The van der Waals surface area contributed by atoms with Gasteiger partial charge in [-0.3, -0.25) is 0 Å². The Morgan fingerprint density at radius 1 is 0.774 bits per heavy atom. The zero-order valence-electron chi connectivity index (χ0n) is 19.9. The lowest BCUT2D eigenvalue weighted by Crippen LogP contribution is -1.94. The van der Waals surface area contributed by atoms with Crippen molar-refractivity contribution < 1.29 is 4.39 Å². The third-order valence-electron chi connectivity index (χ3n) is 4.89. The van der Waals surface area contributed by atoms with Crippen LogP contribution in [0.2, 0.25) is 0 Å². The molecule has 0 aliphatic carbocycles. The molecule has 0 atom stereocenters. The van der Waals surface area contributed by atoms with Gasteiger partial charge in [0.1, 0.15) is 17.6 Å². The van der Waals surface area contributed by atoms with Crippen molar-refractivity contribution >= 4 is 0 Å².